The molecule has 94 valence electrons. The minimum atomic E-state index is -0.954. The predicted octanol–water partition coefficient (Wildman–Crippen LogP) is 1.68. The fourth-order valence-electron chi connectivity index (χ4n) is 1.87. The van der Waals surface area contributed by atoms with Crippen molar-refractivity contribution in [3.05, 3.63) is 53.6 Å². The van der Waals surface area contributed by atoms with Crippen molar-refractivity contribution in [2.24, 2.45) is 0 Å². The SMILES string of the molecule is CC(O)c1nccn1Cc1ccccc1C(=O)O. The highest BCUT2D eigenvalue weighted by Crippen LogP contribution is 2.15. The van der Waals surface area contributed by atoms with E-state index in [2.05, 4.69) is 4.98 Å². The summed E-state index contributed by atoms with van der Waals surface area (Å²) in [6.45, 7) is 2.00. The molecular formula is C13H14N2O3. The summed E-state index contributed by atoms with van der Waals surface area (Å²) in [6.07, 6.45) is 2.63. The zero-order chi connectivity index (χ0) is 13.1. The summed E-state index contributed by atoms with van der Waals surface area (Å²) in [6, 6.07) is 6.81. The van der Waals surface area contributed by atoms with Gasteiger partial charge in [0.1, 0.15) is 11.9 Å². The average Bonchev–Trinajstić information content (AvgIpc) is 2.77. The minimum Gasteiger partial charge on any atom is -0.478 e. The van der Waals surface area contributed by atoms with E-state index in [0.29, 0.717) is 17.9 Å². The molecule has 0 saturated carbocycles. The van der Waals surface area contributed by atoms with Crippen molar-refractivity contribution in [2.45, 2.75) is 19.6 Å². The van der Waals surface area contributed by atoms with Crippen molar-refractivity contribution in [1.29, 1.82) is 0 Å². The third kappa shape index (κ3) is 2.41. The number of carbonyl (C=O) groups is 1. The van der Waals surface area contributed by atoms with E-state index in [1.165, 1.54) is 0 Å². The van der Waals surface area contributed by atoms with Crippen LogP contribution in [0.15, 0.2) is 36.7 Å². The third-order valence-electron chi connectivity index (χ3n) is 2.71. The molecular weight excluding hydrogens is 232 g/mol. The van der Waals surface area contributed by atoms with Gasteiger partial charge in [-0.2, -0.15) is 0 Å². The standard InChI is InChI=1S/C13H14N2O3/c1-9(16)12-14-6-7-15(12)8-10-4-2-3-5-11(10)13(17)18/h2-7,9,16H,8H2,1H3,(H,17,18). The second kappa shape index (κ2) is 5.01. The molecule has 1 aromatic heterocycles. The Kier molecular flexibility index (Phi) is 3.43. The van der Waals surface area contributed by atoms with Gasteiger partial charge in [-0.15, -0.1) is 0 Å². The molecule has 5 nitrogen and oxygen atoms in total. The number of carboxylic acids is 1. The van der Waals surface area contributed by atoms with Crippen molar-refractivity contribution < 1.29 is 15.0 Å². The van der Waals surface area contributed by atoms with Gasteiger partial charge in [-0.05, 0) is 18.6 Å². The lowest BCUT2D eigenvalue weighted by atomic mass is 10.1. The van der Waals surface area contributed by atoms with Crippen LogP contribution in [0, 0.1) is 0 Å². The lowest BCUT2D eigenvalue weighted by molar-refractivity contribution is 0.0695. The number of aromatic nitrogens is 2. The Balaban J connectivity index is 2.34. The molecule has 1 heterocycles. The van der Waals surface area contributed by atoms with E-state index in [0.717, 1.165) is 0 Å². The molecule has 1 aromatic carbocycles. The van der Waals surface area contributed by atoms with E-state index in [4.69, 9.17) is 5.11 Å². The summed E-state index contributed by atoms with van der Waals surface area (Å²) in [5.74, 6) is -0.431. The quantitative estimate of drug-likeness (QED) is 0.860. The monoisotopic (exact) mass is 246 g/mol. The Morgan fingerprint density at radius 2 is 2.17 bits per heavy atom. The molecule has 0 spiro atoms. The Morgan fingerprint density at radius 1 is 1.44 bits per heavy atom. The van der Waals surface area contributed by atoms with Gasteiger partial charge in [-0.25, -0.2) is 9.78 Å². The molecule has 0 aliphatic heterocycles. The summed E-state index contributed by atoms with van der Waals surface area (Å²) >= 11 is 0. The normalized spacial score (nSPS) is 12.3. The van der Waals surface area contributed by atoms with Crippen molar-refractivity contribution in [3.8, 4) is 0 Å². The molecule has 0 amide bonds. The van der Waals surface area contributed by atoms with Crippen LogP contribution in [0.3, 0.4) is 0 Å². The lowest BCUT2D eigenvalue weighted by Crippen LogP contribution is -2.10. The lowest BCUT2D eigenvalue weighted by Gasteiger charge is -2.11. The zero-order valence-corrected chi connectivity index (χ0v) is 9.95. The molecule has 2 aromatic rings. The van der Waals surface area contributed by atoms with Gasteiger partial charge in [0, 0.05) is 18.9 Å². The third-order valence-corrected chi connectivity index (χ3v) is 2.71. The first kappa shape index (κ1) is 12.3. The van der Waals surface area contributed by atoms with Crippen LogP contribution in [0.4, 0.5) is 0 Å². The summed E-state index contributed by atoms with van der Waals surface area (Å²) in [4.78, 5) is 15.1. The maximum Gasteiger partial charge on any atom is 0.336 e. The largest absolute Gasteiger partial charge is 0.478 e. The van der Waals surface area contributed by atoms with Crippen molar-refractivity contribution in [2.75, 3.05) is 0 Å². The number of hydrogen-bond acceptors (Lipinski definition) is 3. The van der Waals surface area contributed by atoms with Crippen LogP contribution in [0.1, 0.15) is 34.8 Å². The van der Waals surface area contributed by atoms with E-state index >= 15 is 0 Å². The van der Waals surface area contributed by atoms with Gasteiger partial charge in [0.05, 0.1) is 5.56 Å². The van der Waals surface area contributed by atoms with Gasteiger partial charge in [-0.3, -0.25) is 0 Å². The second-order valence-electron chi connectivity index (χ2n) is 4.05. The van der Waals surface area contributed by atoms with Gasteiger partial charge in [0.2, 0.25) is 0 Å². The van der Waals surface area contributed by atoms with Crippen LogP contribution in [0.2, 0.25) is 0 Å². The van der Waals surface area contributed by atoms with E-state index in [-0.39, 0.29) is 5.56 Å². The zero-order valence-electron chi connectivity index (χ0n) is 9.95. The van der Waals surface area contributed by atoms with Crippen LogP contribution in [-0.4, -0.2) is 25.7 Å². The second-order valence-corrected chi connectivity index (χ2v) is 4.05. The first-order valence-electron chi connectivity index (χ1n) is 5.60. The molecule has 0 aliphatic carbocycles. The highest BCUT2D eigenvalue weighted by atomic mass is 16.4. The highest BCUT2D eigenvalue weighted by Gasteiger charge is 2.13. The molecule has 0 fully saturated rings. The number of hydrogen-bond donors (Lipinski definition) is 2. The van der Waals surface area contributed by atoms with Gasteiger partial charge >= 0.3 is 5.97 Å². The summed E-state index contributed by atoms with van der Waals surface area (Å²) in [7, 11) is 0. The number of benzene rings is 1. The number of nitrogens with zero attached hydrogens (tertiary/aromatic N) is 2. The predicted molar refractivity (Wildman–Crippen MR) is 65.4 cm³/mol. The summed E-state index contributed by atoms with van der Waals surface area (Å²) in [5.41, 5.74) is 0.952. The number of aromatic carboxylic acids is 1. The maximum atomic E-state index is 11.1. The summed E-state index contributed by atoms with van der Waals surface area (Å²) in [5, 5.41) is 18.6. The Morgan fingerprint density at radius 3 is 2.83 bits per heavy atom. The van der Waals surface area contributed by atoms with E-state index in [1.807, 2.05) is 0 Å². The molecule has 0 radical (unpaired) electrons. The minimum absolute atomic E-state index is 0.266. The van der Waals surface area contributed by atoms with Gasteiger partial charge in [0.15, 0.2) is 0 Å². The van der Waals surface area contributed by atoms with Crippen molar-refractivity contribution in [1.82, 2.24) is 9.55 Å². The number of imidazole rings is 1. The van der Waals surface area contributed by atoms with Crippen LogP contribution < -0.4 is 0 Å². The first-order valence-corrected chi connectivity index (χ1v) is 5.60. The molecule has 0 saturated heterocycles. The molecule has 2 rings (SSSR count). The highest BCUT2D eigenvalue weighted by molar-refractivity contribution is 5.89. The maximum absolute atomic E-state index is 11.1. The Hall–Kier alpha value is -2.14. The number of carboxylic acid groups (broad SMARTS) is 1. The molecule has 1 atom stereocenters. The van der Waals surface area contributed by atoms with Crippen molar-refractivity contribution in [3.63, 3.8) is 0 Å². The average molecular weight is 246 g/mol. The molecule has 2 N–H and O–H groups in total. The Labute approximate surface area is 104 Å². The fraction of sp³-hybridized carbons (Fsp3) is 0.231. The van der Waals surface area contributed by atoms with Crippen LogP contribution >= 0.6 is 0 Å². The topological polar surface area (TPSA) is 75.4 Å². The number of rotatable bonds is 4. The van der Waals surface area contributed by atoms with Crippen LogP contribution in [0.25, 0.3) is 0 Å². The van der Waals surface area contributed by atoms with E-state index in [1.54, 1.807) is 48.1 Å². The van der Waals surface area contributed by atoms with Crippen molar-refractivity contribution >= 4 is 5.97 Å². The molecule has 0 bridgehead atoms. The fourth-order valence-corrected chi connectivity index (χ4v) is 1.87. The van der Waals surface area contributed by atoms with E-state index < -0.39 is 12.1 Å². The van der Waals surface area contributed by atoms with Crippen LogP contribution in [0.5, 0.6) is 0 Å². The van der Waals surface area contributed by atoms with Crippen LogP contribution in [-0.2, 0) is 6.54 Å². The molecule has 5 heteroatoms. The molecule has 0 aliphatic rings. The summed E-state index contributed by atoms with van der Waals surface area (Å²) < 4.78 is 1.74. The first-order chi connectivity index (χ1) is 8.59. The number of aliphatic hydroxyl groups is 1. The van der Waals surface area contributed by atoms with Gasteiger partial charge in [0.25, 0.3) is 0 Å². The van der Waals surface area contributed by atoms with Gasteiger partial charge < -0.3 is 14.8 Å². The van der Waals surface area contributed by atoms with Gasteiger partial charge in [-0.1, -0.05) is 18.2 Å². The molecule has 1 unspecified atom stereocenters. The molecule has 18 heavy (non-hydrogen) atoms. The van der Waals surface area contributed by atoms with E-state index in [9.17, 15) is 9.90 Å². The number of aliphatic hydroxyl groups excluding tert-OH is 1. The Bertz CT molecular complexity index is 561. The smallest absolute Gasteiger partial charge is 0.336 e.